The maximum atomic E-state index is 12.1. The molecular weight excluding hydrogens is 306 g/mol. The Bertz CT molecular complexity index is 663. The largest absolute Gasteiger partial charge is 0.350 e. The van der Waals surface area contributed by atoms with Crippen LogP contribution in [0.15, 0.2) is 42.0 Å². The minimum Gasteiger partial charge on any atom is -0.350 e. The summed E-state index contributed by atoms with van der Waals surface area (Å²) in [5.41, 5.74) is 1.18. The Morgan fingerprint density at radius 3 is 2.74 bits per heavy atom. The van der Waals surface area contributed by atoms with E-state index >= 15 is 0 Å². The Hall–Kier alpha value is -1.72. The van der Waals surface area contributed by atoms with E-state index in [0.717, 1.165) is 32.5 Å². The third-order valence-electron chi connectivity index (χ3n) is 5.26. The second-order valence-corrected chi connectivity index (χ2v) is 7.63. The molecule has 1 spiro atoms. The van der Waals surface area contributed by atoms with Gasteiger partial charge in [-0.3, -0.25) is 14.7 Å². The van der Waals surface area contributed by atoms with E-state index in [9.17, 15) is 4.79 Å². The van der Waals surface area contributed by atoms with E-state index in [0.29, 0.717) is 6.42 Å². The predicted molar refractivity (Wildman–Crippen MR) is 91.3 cm³/mol. The number of amides is 1. The number of aromatic nitrogens is 1. The summed E-state index contributed by atoms with van der Waals surface area (Å²) < 4.78 is 0. The first kappa shape index (κ1) is 14.8. The van der Waals surface area contributed by atoms with Crippen LogP contribution in [0, 0.1) is 0 Å². The lowest BCUT2D eigenvalue weighted by Crippen LogP contribution is -2.53. The molecule has 4 rings (SSSR count). The number of piperidine rings is 1. The van der Waals surface area contributed by atoms with E-state index in [1.54, 1.807) is 0 Å². The molecule has 5 heteroatoms. The second-order valence-electron chi connectivity index (χ2n) is 6.60. The Balaban J connectivity index is 1.49. The standard InChI is InChI=1S/C18H21N3OS/c22-17-12-16(14-3-7-19-8-4-14)18(20-17)5-9-21(10-6-18)13-15-2-1-11-23-15/h1-4,7-8,11,16H,5-6,9-10,12-13H2,(H,20,22)/t16-/m1/s1. The number of carbonyl (C=O) groups is 1. The number of nitrogens with one attached hydrogen (secondary N) is 1. The lowest BCUT2D eigenvalue weighted by Gasteiger charge is -2.43. The van der Waals surface area contributed by atoms with Gasteiger partial charge in [0.1, 0.15) is 0 Å². The van der Waals surface area contributed by atoms with Crippen LogP contribution in [0.4, 0.5) is 0 Å². The Morgan fingerprint density at radius 1 is 1.26 bits per heavy atom. The Morgan fingerprint density at radius 2 is 2.04 bits per heavy atom. The Labute approximate surface area is 140 Å². The molecule has 2 saturated heterocycles. The zero-order chi connectivity index (χ0) is 15.7. The number of hydrogen-bond acceptors (Lipinski definition) is 4. The van der Waals surface area contributed by atoms with Crippen molar-refractivity contribution in [2.24, 2.45) is 0 Å². The number of pyridine rings is 1. The zero-order valence-corrected chi connectivity index (χ0v) is 13.9. The van der Waals surface area contributed by atoms with Crippen molar-refractivity contribution in [3.63, 3.8) is 0 Å². The number of nitrogens with zero attached hydrogens (tertiary/aromatic N) is 2. The first-order chi connectivity index (χ1) is 11.3. The van der Waals surface area contributed by atoms with Crippen molar-refractivity contribution in [1.29, 1.82) is 0 Å². The van der Waals surface area contributed by atoms with E-state index < -0.39 is 0 Å². The molecule has 2 aromatic heterocycles. The lowest BCUT2D eigenvalue weighted by atomic mass is 9.74. The second kappa shape index (κ2) is 6.06. The van der Waals surface area contributed by atoms with Gasteiger partial charge >= 0.3 is 0 Å². The summed E-state index contributed by atoms with van der Waals surface area (Å²) >= 11 is 1.82. The van der Waals surface area contributed by atoms with E-state index in [1.165, 1.54) is 10.4 Å². The molecule has 1 amide bonds. The van der Waals surface area contributed by atoms with Gasteiger partial charge in [-0.15, -0.1) is 11.3 Å². The number of rotatable bonds is 3. The molecule has 4 heterocycles. The molecule has 4 nitrogen and oxygen atoms in total. The molecule has 120 valence electrons. The van der Waals surface area contributed by atoms with Crippen LogP contribution in [-0.4, -0.2) is 34.4 Å². The molecule has 2 aromatic rings. The highest BCUT2D eigenvalue weighted by Crippen LogP contribution is 2.43. The number of likely N-dealkylation sites (tertiary alicyclic amines) is 1. The minimum atomic E-state index is -0.0651. The fourth-order valence-electron chi connectivity index (χ4n) is 4.04. The van der Waals surface area contributed by atoms with Crippen molar-refractivity contribution < 1.29 is 4.79 Å². The molecule has 0 radical (unpaired) electrons. The van der Waals surface area contributed by atoms with Crippen molar-refractivity contribution in [1.82, 2.24) is 15.2 Å². The van der Waals surface area contributed by atoms with E-state index in [2.05, 4.69) is 44.8 Å². The van der Waals surface area contributed by atoms with Gasteiger partial charge in [0.25, 0.3) is 0 Å². The van der Waals surface area contributed by atoms with E-state index in [4.69, 9.17) is 0 Å². The van der Waals surface area contributed by atoms with Gasteiger partial charge in [0, 0.05) is 54.8 Å². The SMILES string of the molecule is O=C1C[C@H](c2ccncc2)C2(CCN(Cc3cccs3)CC2)N1. The summed E-state index contributed by atoms with van der Waals surface area (Å²) in [5, 5.41) is 5.45. The summed E-state index contributed by atoms with van der Waals surface area (Å²) in [4.78, 5) is 20.1. The van der Waals surface area contributed by atoms with Crippen LogP contribution in [-0.2, 0) is 11.3 Å². The van der Waals surface area contributed by atoms with Crippen LogP contribution in [0.2, 0.25) is 0 Å². The van der Waals surface area contributed by atoms with Gasteiger partial charge in [0.2, 0.25) is 5.91 Å². The molecule has 1 N–H and O–H groups in total. The average molecular weight is 327 g/mol. The van der Waals surface area contributed by atoms with Crippen LogP contribution in [0.25, 0.3) is 0 Å². The van der Waals surface area contributed by atoms with Crippen molar-refractivity contribution in [3.05, 3.63) is 52.5 Å². The molecule has 0 unspecified atom stereocenters. The summed E-state index contributed by atoms with van der Waals surface area (Å²) in [6, 6.07) is 8.43. The molecule has 23 heavy (non-hydrogen) atoms. The van der Waals surface area contributed by atoms with Gasteiger partial charge in [0.15, 0.2) is 0 Å². The molecule has 1 atom stereocenters. The quantitative estimate of drug-likeness (QED) is 0.943. The molecular formula is C18H21N3OS. The van der Waals surface area contributed by atoms with E-state index in [1.807, 2.05) is 23.7 Å². The van der Waals surface area contributed by atoms with Gasteiger partial charge in [-0.05, 0) is 42.0 Å². The highest BCUT2D eigenvalue weighted by molar-refractivity contribution is 7.09. The van der Waals surface area contributed by atoms with Gasteiger partial charge in [-0.2, -0.15) is 0 Å². The first-order valence-electron chi connectivity index (χ1n) is 8.21. The number of thiophene rings is 1. The zero-order valence-electron chi connectivity index (χ0n) is 13.1. The molecule has 0 saturated carbocycles. The van der Waals surface area contributed by atoms with Crippen molar-refractivity contribution in [3.8, 4) is 0 Å². The van der Waals surface area contributed by atoms with Crippen LogP contribution in [0.3, 0.4) is 0 Å². The highest BCUT2D eigenvalue weighted by Gasteiger charge is 2.48. The Kier molecular flexibility index (Phi) is 3.91. The maximum Gasteiger partial charge on any atom is 0.221 e. The molecule has 2 aliphatic heterocycles. The minimum absolute atomic E-state index is 0.0651. The maximum absolute atomic E-state index is 12.1. The monoisotopic (exact) mass is 327 g/mol. The molecule has 0 aliphatic carbocycles. The predicted octanol–water partition coefficient (Wildman–Crippen LogP) is 2.78. The number of hydrogen-bond donors (Lipinski definition) is 1. The fraction of sp³-hybridized carbons (Fsp3) is 0.444. The summed E-state index contributed by atoms with van der Waals surface area (Å²) in [6.07, 6.45) is 6.32. The van der Waals surface area contributed by atoms with Crippen molar-refractivity contribution in [2.45, 2.75) is 37.3 Å². The van der Waals surface area contributed by atoms with Gasteiger partial charge in [0.05, 0.1) is 0 Å². The number of carbonyl (C=O) groups excluding carboxylic acids is 1. The fourth-order valence-corrected chi connectivity index (χ4v) is 4.78. The molecule has 0 aromatic carbocycles. The third-order valence-corrected chi connectivity index (χ3v) is 6.12. The summed E-state index contributed by atoms with van der Waals surface area (Å²) in [5.74, 6) is 0.473. The first-order valence-corrected chi connectivity index (χ1v) is 9.09. The topological polar surface area (TPSA) is 45.2 Å². The third kappa shape index (κ3) is 2.91. The van der Waals surface area contributed by atoms with Gasteiger partial charge in [-0.1, -0.05) is 6.07 Å². The van der Waals surface area contributed by atoms with Crippen LogP contribution in [0.5, 0.6) is 0 Å². The smallest absolute Gasteiger partial charge is 0.221 e. The highest BCUT2D eigenvalue weighted by atomic mass is 32.1. The average Bonchev–Trinajstić information content (AvgIpc) is 3.19. The summed E-state index contributed by atoms with van der Waals surface area (Å²) in [6.45, 7) is 3.11. The van der Waals surface area contributed by atoms with Crippen LogP contribution in [0.1, 0.15) is 35.6 Å². The van der Waals surface area contributed by atoms with Gasteiger partial charge < -0.3 is 5.32 Å². The summed E-state index contributed by atoms with van der Waals surface area (Å²) in [7, 11) is 0. The lowest BCUT2D eigenvalue weighted by molar-refractivity contribution is -0.120. The van der Waals surface area contributed by atoms with Crippen LogP contribution >= 0.6 is 11.3 Å². The molecule has 2 fully saturated rings. The molecule has 0 bridgehead atoms. The van der Waals surface area contributed by atoms with E-state index in [-0.39, 0.29) is 17.4 Å². The van der Waals surface area contributed by atoms with Crippen molar-refractivity contribution >= 4 is 17.2 Å². The normalized spacial score (nSPS) is 24.0. The van der Waals surface area contributed by atoms with Gasteiger partial charge in [-0.25, -0.2) is 0 Å². The van der Waals surface area contributed by atoms with Crippen molar-refractivity contribution in [2.75, 3.05) is 13.1 Å². The molecule has 2 aliphatic rings. The van der Waals surface area contributed by atoms with Crippen LogP contribution < -0.4 is 5.32 Å².